The monoisotopic (exact) mass is 442 g/mol. The molecule has 6 nitrogen and oxygen atoms in total. The van der Waals surface area contributed by atoms with Gasteiger partial charge in [-0.25, -0.2) is 4.79 Å². The van der Waals surface area contributed by atoms with E-state index < -0.39 is 11.9 Å². The van der Waals surface area contributed by atoms with Crippen LogP contribution in [0.3, 0.4) is 0 Å². The molecule has 8 heteroatoms. The molecule has 0 saturated carbocycles. The van der Waals surface area contributed by atoms with E-state index in [9.17, 15) is 14.4 Å². The van der Waals surface area contributed by atoms with Crippen molar-refractivity contribution in [3.63, 3.8) is 0 Å². The molecular formula is C22H19ClN2O4S. The van der Waals surface area contributed by atoms with Crippen LogP contribution < -0.4 is 10.6 Å². The van der Waals surface area contributed by atoms with Crippen molar-refractivity contribution in [2.45, 2.75) is 13.8 Å². The van der Waals surface area contributed by atoms with Crippen LogP contribution in [0.5, 0.6) is 0 Å². The highest BCUT2D eigenvalue weighted by atomic mass is 35.5. The Labute approximate surface area is 182 Å². The minimum absolute atomic E-state index is 0.152. The fraction of sp³-hybridized carbons (Fsp3) is 0.136. The van der Waals surface area contributed by atoms with Crippen molar-refractivity contribution in [2.75, 3.05) is 17.7 Å². The van der Waals surface area contributed by atoms with E-state index in [2.05, 4.69) is 10.6 Å². The molecule has 1 aromatic heterocycles. The van der Waals surface area contributed by atoms with E-state index in [0.29, 0.717) is 26.7 Å². The van der Waals surface area contributed by atoms with Crippen molar-refractivity contribution in [1.29, 1.82) is 0 Å². The third-order valence-corrected chi connectivity index (χ3v) is 5.84. The molecule has 0 saturated heterocycles. The molecule has 3 rings (SSSR count). The number of amides is 2. The predicted octanol–water partition coefficient (Wildman–Crippen LogP) is 5.31. The Balaban J connectivity index is 1.91. The number of anilines is 2. The molecule has 0 unspecified atom stereocenters. The van der Waals surface area contributed by atoms with Crippen LogP contribution in [0.1, 0.15) is 41.5 Å². The third kappa shape index (κ3) is 4.69. The smallest absolute Gasteiger partial charge is 0.341 e. The number of thiophene rings is 1. The highest BCUT2D eigenvalue weighted by molar-refractivity contribution is 7.19. The van der Waals surface area contributed by atoms with Crippen molar-refractivity contribution in [3.05, 3.63) is 80.7 Å². The first-order valence-electron chi connectivity index (χ1n) is 8.96. The highest BCUT2D eigenvalue weighted by Gasteiger charge is 2.26. The van der Waals surface area contributed by atoms with Gasteiger partial charge in [-0.1, -0.05) is 29.3 Å². The molecule has 0 bridgehead atoms. The number of nitrogens with one attached hydrogen (secondary N) is 2. The average molecular weight is 443 g/mol. The van der Waals surface area contributed by atoms with Gasteiger partial charge in [-0.3, -0.25) is 9.59 Å². The molecule has 30 heavy (non-hydrogen) atoms. The lowest BCUT2D eigenvalue weighted by atomic mass is 10.1. The number of carbonyl (C=O) groups is 3. The lowest BCUT2D eigenvalue weighted by molar-refractivity contribution is 0.0601. The van der Waals surface area contributed by atoms with Crippen molar-refractivity contribution in [3.8, 4) is 0 Å². The first kappa shape index (κ1) is 21.5. The molecule has 2 aromatic carbocycles. The van der Waals surface area contributed by atoms with Gasteiger partial charge in [-0.2, -0.15) is 0 Å². The van der Waals surface area contributed by atoms with E-state index in [1.165, 1.54) is 7.11 Å². The van der Waals surface area contributed by atoms with E-state index >= 15 is 0 Å². The summed E-state index contributed by atoms with van der Waals surface area (Å²) in [5.74, 6) is -1.44. The van der Waals surface area contributed by atoms with Crippen LogP contribution in [0.2, 0.25) is 5.02 Å². The Morgan fingerprint density at radius 1 is 0.900 bits per heavy atom. The second kappa shape index (κ2) is 9.11. The van der Waals surface area contributed by atoms with E-state index in [4.69, 9.17) is 16.3 Å². The molecule has 154 valence electrons. The summed E-state index contributed by atoms with van der Waals surface area (Å²) >= 11 is 6.88. The molecule has 0 aliphatic rings. The minimum Gasteiger partial charge on any atom is -0.465 e. The number of hydrogen-bond donors (Lipinski definition) is 2. The lowest BCUT2D eigenvalue weighted by Gasteiger charge is -2.06. The number of methoxy groups -OCH3 is 1. The summed E-state index contributed by atoms with van der Waals surface area (Å²) in [5, 5.41) is 6.26. The second-order valence-electron chi connectivity index (χ2n) is 6.53. The predicted molar refractivity (Wildman–Crippen MR) is 119 cm³/mol. The van der Waals surface area contributed by atoms with Crippen LogP contribution in [0.25, 0.3) is 0 Å². The zero-order chi connectivity index (χ0) is 21.8. The highest BCUT2D eigenvalue weighted by Crippen LogP contribution is 2.34. The number of hydrogen-bond acceptors (Lipinski definition) is 5. The Morgan fingerprint density at radius 3 is 2.13 bits per heavy atom. The molecule has 0 atom stereocenters. The maximum atomic E-state index is 12.8. The minimum atomic E-state index is -0.635. The van der Waals surface area contributed by atoms with Crippen molar-refractivity contribution >= 4 is 51.4 Å². The summed E-state index contributed by atoms with van der Waals surface area (Å²) in [7, 11) is 1.25. The zero-order valence-electron chi connectivity index (χ0n) is 16.5. The molecule has 3 aromatic rings. The van der Waals surface area contributed by atoms with Crippen LogP contribution in [-0.2, 0) is 4.74 Å². The van der Waals surface area contributed by atoms with Gasteiger partial charge < -0.3 is 15.4 Å². The molecule has 1 heterocycles. The summed E-state index contributed by atoms with van der Waals surface area (Å²) in [6.45, 7) is 3.60. The van der Waals surface area contributed by atoms with Gasteiger partial charge in [0.1, 0.15) is 5.00 Å². The largest absolute Gasteiger partial charge is 0.465 e. The summed E-state index contributed by atoms with van der Waals surface area (Å²) < 4.78 is 4.85. The van der Waals surface area contributed by atoms with Gasteiger partial charge in [0.15, 0.2) is 0 Å². The maximum Gasteiger partial charge on any atom is 0.341 e. The van der Waals surface area contributed by atoms with E-state index in [1.807, 2.05) is 19.1 Å². The first-order valence-corrected chi connectivity index (χ1v) is 10.2. The lowest BCUT2D eigenvalue weighted by Crippen LogP contribution is -2.14. The Bertz CT molecular complexity index is 1110. The molecule has 2 N–H and O–H groups in total. The van der Waals surface area contributed by atoms with Crippen LogP contribution in [0.4, 0.5) is 10.7 Å². The van der Waals surface area contributed by atoms with Crippen LogP contribution in [0.15, 0.2) is 48.5 Å². The van der Waals surface area contributed by atoms with E-state index in [0.717, 1.165) is 16.9 Å². The van der Waals surface area contributed by atoms with Crippen LogP contribution in [-0.4, -0.2) is 24.9 Å². The molecule has 0 aliphatic carbocycles. The number of ether oxygens (including phenoxy) is 1. The molecule has 0 spiro atoms. The maximum absolute atomic E-state index is 12.8. The summed E-state index contributed by atoms with van der Waals surface area (Å²) in [6, 6.07) is 13.7. The fourth-order valence-corrected chi connectivity index (χ4v) is 3.98. The van der Waals surface area contributed by atoms with Gasteiger partial charge in [0.05, 0.1) is 17.6 Å². The number of rotatable bonds is 5. The number of benzene rings is 2. The average Bonchev–Trinajstić information content (AvgIpc) is 3.05. The van der Waals surface area contributed by atoms with Crippen molar-refractivity contribution in [1.82, 2.24) is 0 Å². The van der Waals surface area contributed by atoms with Gasteiger partial charge in [0.25, 0.3) is 11.8 Å². The Morgan fingerprint density at radius 2 is 1.53 bits per heavy atom. The quantitative estimate of drug-likeness (QED) is 0.524. The molecule has 0 fully saturated rings. The fourth-order valence-electron chi connectivity index (χ4n) is 2.77. The zero-order valence-corrected chi connectivity index (χ0v) is 18.1. The van der Waals surface area contributed by atoms with Gasteiger partial charge >= 0.3 is 5.97 Å². The van der Waals surface area contributed by atoms with E-state index in [-0.39, 0.29) is 16.5 Å². The van der Waals surface area contributed by atoms with Crippen molar-refractivity contribution in [2.24, 2.45) is 0 Å². The summed E-state index contributed by atoms with van der Waals surface area (Å²) in [4.78, 5) is 38.1. The second-order valence-corrected chi connectivity index (χ2v) is 7.99. The Kier molecular flexibility index (Phi) is 6.54. The van der Waals surface area contributed by atoms with Gasteiger partial charge in [0, 0.05) is 16.3 Å². The molecule has 0 aliphatic heterocycles. The van der Waals surface area contributed by atoms with E-state index in [1.54, 1.807) is 43.3 Å². The van der Waals surface area contributed by atoms with Crippen LogP contribution in [0, 0.1) is 13.8 Å². The van der Waals surface area contributed by atoms with Crippen molar-refractivity contribution < 1.29 is 19.1 Å². The number of carbonyl (C=O) groups excluding carboxylic acids is 3. The SMILES string of the molecule is COC(=O)c1c(NC(=O)c2ccc(Cl)cc2)sc(C(=O)Nc2ccc(C)cc2)c1C. The normalized spacial score (nSPS) is 10.4. The standard InChI is InChI=1S/C22H19ClN2O4S/c1-12-4-10-16(11-5-12)24-20(27)18-13(2)17(22(28)29-3)21(30-18)25-19(26)14-6-8-15(23)9-7-14/h4-11H,1-3H3,(H,24,27)(H,25,26). The summed E-state index contributed by atoms with van der Waals surface area (Å²) in [5.41, 5.74) is 2.65. The molecule has 2 amide bonds. The number of aryl methyl sites for hydroxylation is 1. The third-order valence-electron chi connectivity index (χ3n) is 4.39. The topological polar surface area (TPSA) is 84.5 Å². The van der Waals surface area contributed by atoms with Gasteiger partial charge in [-0.05, 0) is 55.8 Å². The molecular weight excluding hydrogens is 424 g/mol. The van der Waals surface area contributed by atoms with Crippen LogP contribution >= 0.6 is 22.9 Å². The first-order chi connectivity index (χ1) is 14.3. The number of esters is 1. The molecule has 0 radical (unpaired) electrons. The Hall–Kier alpha value is -3.16. The summed E-state index contributed by atoms with van der Waals surface area (Å²) in [6.07, 6.45) is 0. The van der Waals surface area contributed by atoms with Gasteiger partial charge in [-0.15, -0.1) is 11.3 Å². The van der Waals surface area contributed by atoms with Gasteiger partial charge in [0.2, 0.25) is 0 Å². The number of halogens is 1.